The summed E-state index contributed by atoms with van der Waals surface area (Å²) in [5.74, 6) is 0.928. The Labute approximate surface area is 162 Å². The van der Waals surface area contributed by atoms with E-state index in [2.05, 4.69) is 39.9 Å². The van der Waals surface area contributed by atoms with E-state index < -0.39 is 9.84 Å². The second kappa shape index (κ2) is 9.65. The van der Waals surface area contributed by atoms with Crippen molar-refractivity contribution in [3.8, 4) is 0 Å². The molecule has 1 unspecified atom stereocenters. The summed E-state index contributed by atoms with van der Waals surface area (Å²) in [6.07, 6.45) is 6.76. The van der Waals surface area contributed by atoms with Crippen LogP contribution in [0.25, 0.3) is 0 Å². The lowest BCUT2D eigenvalue weighted by molar-refractivity contribution is 0.562. The van der Waals surface area contributed by atoms with Gasteiger partial charge in [-0.1, -0.05) is 31.0 Å². The molecular weight excluding hydrogens is 366 g/mol. The van der Waals surface area contributed by atoms with Gasteiger partial charge in [-0.2, -0.15) is 0 Å². The summed E-state index contributed by atoms with van der Waals surface area (Å²) < 4.78 is 22.8. The highest BCUT2D eigenvalue weighted by molar-refractivity contribution is 8.00. The predicted octanol–water partition coefficient (Wildman–Crippen LogP) is 3.08. The first-order valence-corrected chi connectivity index (χ1v) is 12.1. The Bertz CT molecular complexity index is 684. The van der Waals surface area contributed by atoms with E-state index in [0.717, 1.165) is 12.5 Å². The Morgan fingerprint density at radius 3 is 2.50 bits per heavy atom. The van der Waals surface area contributed by atoms with Crippen molar-refractivity contribution < 1.29 is 8.42 Å². The lowest BCUT2D eigenvalue weighted by atomic mass is 10.1. The summed E-state index contributed by atoms with van der Waals surface area (Å²) in [6.45, 7) is 2.84. The highest BCUT2D eigenvalue weighted by atomic mass is 32.2. The first-order valence-electron chi connectivity index (χ1n) is 9.21. The summed E-state index contributed by atoms with van der Waals surface area (Å²) in [5.41, 5.74) is 0. The van der Waals surface area contributed by atoms with Crippen molar-refractivity contribution in [2.24, 2.45) is 4.99 Å². The number of nitrogens with one attached hydrogen (secondary N) is 2. The molecule has 0 amide bonds. The van der Waals surface area contributed by atoms with Gasteiger partial charge in [0.25, 0.3) is 0 Å². The summed E-state index contributed by atoms with van der Waals surface area (Å²) in [5, 5.41) is 6.78. The molecule has 1 atom stereocenters. The minimum Gasteiger partial charge on any atom is -0.355 e. The molecule has 146 valence electrons. The SMILES string of the molecule is CN=C(NCC1(Sc2ccccc2)CCCC1)NC(C)CCS(C)(=O)=O. The van der Waals surface area contributed by atoms with Gasteiger partial charge in [0, 0.05) is 35.5 Å². The molecule has 0 bridgehead atoms. The molecular formula is C19H31N3O2S2. The number of hydrogen-bond donors (Lipinski definition) is 2. The van der Waals surface area contributed by atoms with E-state index >= 15 is 0 Å². The molecule has 2 rings (SSSR count). The van der Waals surface area contributed by atoms with Crippen LogP contribution >= 0.6 is 11.8 Å². The standard InChI is InChI=1S/C19H31N3O2S2/c1-16(11-14-26(3,23)24)22-18(20-2)21-15-19(12-7-8-13-19)25-17-9-5-4-6-10-17/h4-6,9-10,16H,7-8,11-15H2,1-3H3,(H2,20,21,22). The van der Waals surface area contributed by atoms with Gasteiger partial charge in [0.15, 0.2) is 5.96 Å². The molecule has 26 heavy (non-hydrogen) atoms. The zero-order valence-electron chi connectivity index (χ0n) is 16.0. The fraction of sp³-hybridized carbons (Fsp3) is 0.632. The molecule has 0 aromatic heterocycles. The Morgan fingerprint density at radius 1 is 1.27 bits per heavy atom. The number of guanidine groups is 1. The molecule has 1 fully saturated rings. The predicted molar refractivity (Wildman–Crippen MR) is 112 cm³/mol. The van der Waals surface area contributed by atoms with Crippen LogP contribution in [-0.4, -0.2) is 50.8 Å². The molecule has 0 saturated heterocycles. The Balaban J connectivity index is 1.90. The Morgan fingerprint density at radius 2 is 1.92 bits per heavy atom. The summed E-state index contributed by atoms with van der Waals surface area (Å²) >= 11 is 1.96. The fourth-order valence-corrected chi connectivity index (χ4v) is 5.42. The average molecular weight is 398 g/mol. The molecule has 5 nitrogen and oxygen atoms in total. The molecule has 1 aliphatic rings. The third kappa shape index (κ3) is 7.19. The summed E-state index contributed by atoms with van der Waals surface area (Å²) in [7, 11) is -1.18. The summed E-state index contributed by atoms with van der Waals surface area (Å²) in [6, 6.07) is 10.6. The zero-order chi connectivity index (χ0) is 19.0. The Kier molecular flexibility index (Phi) is 7.83. The topological polar surface area (TPSA) is 70.6 Å². The van der Waals surface area contributed by atoms with Gasteiger partial charge in [0.1, 0.15) is 9.84 Å². The normalized spacial score (nSPS) is 18.5. The number of rotatable bonds is 8. The van der Waals surface area contributed by atoms with Crippen molar-refractivity contribution in [1.82, 2.24) is 10.6 Å². The highest BCUT2D eigenvalue weighted by Gasteiger charge is 2.35. The van der Waals surface area contributed by atoms with Crippen molar-refractivity contribution in [3.05, 3.63) is 30.3 Å². The smallest absolute Gasteiger partial charge is 0.191 e. The van der Waals surface area contributed by atoms with Gasteiger partial charge in [-0.3, -0.25) is 4.99 Å². The fourth-order valence-electron chi connectivity index (χ4n) is 3.21. The van der Waals surface area contributed by atoms with E-state index in [9.17, 15) is 8.42 Å². The molecule has 1 saturated carbocycles. The second-order valence-electron chi connectivity index (χ2n) is 7.19. The number of benzene rings is 1. The van der Waals surface area contributed by atoms with Crippen LogP contribution in [0.15, 0.2) is 40.2 Å². The van der Waals surface area contributed by atoms with Crippen LogP contribution in [0.3, 0.4) is 0 Å². The maximum absolute atomic E-state index is 11.3. The van der Waals surface area contributed by atoms with Crippen LogP contribution in [0.1, 0.15) is 39.0 Å². The van der Waals surface area contributed by atoms with Crippen LogP contribution in [0.4, 0.5) is 0 Å². The van der Waals surface area contributed by atoms with E-state index in [-0.39, 0.29) is 16.5 Å². The molecule has 0 radical (unpaired) electrons. The van der Waals surface area contributed by atoms with E-state index in [0.29, 0.717) is 6.42 Å². The van der Waals surface area contributed by atoms with Crippen molar-refractivity contribution >= 4 is 27.6 Å². The number of sulfone groups is 1. The number of hydrogen-bond acceptors (Lipinski definition) is 4. The van der Waals surface area contributed by atoms with Crippen LogP contribution in [0.2, 0.25) is 0 Å². The number of nitrogens with zero attached hydrogens (tertiary/aromatic N) is 1. The van der Waals surface area contributed by atoms with Crippen molar-refractivity contribution in [1.29, 1.82) is 0 Å². The zero-order valence-corrected chi connectivity index (χ0v) is 17.6. The van der Waals surface area contributed by atoms with Crippen molar-refractivity contribution in [2.75, 3.05) is 25.6 Å². The van der Waals surface area contributed by atoms with Crippen LogP contribution in [0.5, 0.6) is 0 Å². The Hall–Kier alpha value is -1.21. The molecule has 7 heteroatoms. The molecule has 1 aromatic carbocycles. The van der Waals surface area contributed by atoms with Crippen molar-refractivity contribution in [3.63, 3.8) is 0 Å². The van der Waals surface area contributed by atoms with E-state index in [1.54, 1.807) is 7.05 Å². The van der Waals surface area contributed by atoms with Gasteiger partial charge in [0.05, 0.1) is 5.75 Å². The van der Waals surface area contributed by atoms with Crippen LogP contribution in [-0.2, 0) is 9.84 Å². The third-order valence-electron chi connectivity index (χ3n) is 4.70. The molecule has 0 heterocycles. The summed E-state index contributed by atoms with van der Waals surface area (Å²) in [4.78, 5) is 5.61. The van der Waals surface area contributed by atoms with E-state index in [1.807, 2.05) is 24.8 Å². The molecule has 1 aliphatic carbocycles. The van der Waals surface area contributed by atoms with Crippen molar-refractivity contribution in [2.45, 2.75) is 54.7 Å². The van der Waals surface area contributed by atoms with Gasteiger partial charge < -0.3 is 10.6 Å². The van der Waals surface area contributed by atoms with Crippen LogP contribution in [0, 0.1) is 0 Å². The minimum absolute atomic E-state index is 0.0530. The monoisotopic (exact) mass is 397 g/mol. The second-order valence-corrected chi connectivity index (χ2v) is 11.0. The van der Waals surface area contributed by atoms with E-state index in [1.165, 1.54) is 36.8 Å². The number of aliphatic imine (C=N–C) groups is 1. The molecule has 1 aromatic rings. The minimum atomic E-state index is -2.94. The van der Waals surface area contributed by atoms with E-state index in [4.69, 9.17) is 0 Å². The van der Waals surface area contributed by atoms with Gasteiger partial charge >= 0.3 is 0 Å². The maximum Gasteiger partial charge on any atom is 0.191 e. The van der Waals surface area contributed by atoms with Gasteiger partial charge in [-0.25, -0.2) is 8.42 Å². The highest BCUT2D eigenvalue weighted by Crippen LogP contribution is 2.44. The first kappa shape index (κ1) is 21.1. The lowest BCUT2D eigenvalue weighted by Gasteiger charge is -2.30. The van der Waals surface area contributed by atoms with Gasteiger partial charge in [-0.15, -0.1) is 11.8 Å². The van der Waals surface area contributed by atoms with Crippen LogP contribution < -0.4 is 10.6 Å². The third-order valence-corrected chi connectivity index (χ3v) is 7.17. The first-order chi connectivity index (χ1) is 12.3. The number of thioether (sulfide) groups is 1. The molecule has 2 N–H and O–H groups in total. The average Bonchev–Trinajstić information content (AvgIpc) is 3.06. The largest absolute Gasteiger partial charge is 0.355 e. The van der Waals surface area contributed by atoms with Gasteiger partial charge in [0.2, 0.25) is 0 Å². The lowest BCUT2D eigenvalue weighted by Crippen LogP contribution is -2.47. The molecule has 0 spiro atoms. The molecule has 0 aliphatic heterocycles. The maximum atomic E-state index is 11.3. The van der Waals surface area contributed by atoms with Gasteiger partial charge in [-0.05, 0) is 38.3 Å². The quantitative estimate of drug-likeness (QED) is 0.521.